The first-order chi connectivity index (χ1) is 15.2. The molecule has 0 saturated carbocycles. The minimum absolute atomic E-state index is 0.0156. The molecule has 0 saturated heterocycles. The van der Waals surface area contributed by atoms with E-state index >= 15 is 0 Å². The van der Waals surface area contributed by atoms with Crippen molar-refractivity contribution < 1.29 is 22.3 Å². The molecule has 3 rings (SSSR count). The minimum Gasteiger partial charge on any atom is -0.406 e. The van der Waals surface area contributed by atoms with Crippen LogP contribution in [0.4, 0.5) is 35.0 Å². The molecule has 0 unspecified atom stereocenters. The summed E-state index contributed by atoms with van der Waals surface area (Å²) in [6, 6.07) is 12.8. The van der Waals surface area contributed by atoms with Gasteiger partial charge in [0.05, 0.1) is 11.4 Å². The first-order valence-corrected chi connectivity index (χ1v) is 9.66. The van der Waals surface area contributed by atoms with E-state index in [9.17, 15) is 22.8 Å². The van der Waals surface area contributed by atoms with Crippen molar-refractivity contribution in [3.8, 4) is 23.1 Å². The van der Waals surface area contributed by atoms with Crippen molar-refractivity contribution in [2.45, 2.75) is 32.7 Å². The van der Waals surface area contributed by atoms with Gasteiger partial charge in [-0.3, -0.25) is 0 Å². The highest BCUT2D eigenvalue weighted by Crippen LogP contribution is 2.30. The predicted molar refractivity (Wildman–Crippen MR) is 112 cm³/mol. The summed E-state index contributed by atoms with van der Waals surface area (Å²) in [7, 11) is 0. The lowest BCUT2D eigenvalue weighted by atomic mass is 10.1. The molecule has 6 nitrogen and oxygen atoms in total. The van der Waals surface area contributed by atoms with Gasteiger partial charge in [-0.25, -0.2) is 9.37 Å². The van der Waals surface area contributed by atoms with Crippen LogP contribution in [0, 0.1) is 17.1 Å². The SMILES string of the molecule is CC[C@H](C)Nc1nc(Nc2cccc(F)c2C#N)cc(-c2cccc(OC(F)(F)F)c2)n1. The second kappa shape index (κ2) is 9.51. The zero-order chi connectivity index (χ0) is 23.3. The lowest BCUT2D eigenvalue weighted by Gasteiger charge is -2.15. The van der Waals surface area contributed by atoms with Crippen LogP contribution < -0.4 is 15.4 Å². The Morgan fingerprint density at radius 1 is 1.12 bits per heavy atom. The molecule has 0 aliphatic heterocycles. The number of benzene rings is 2. The van der Waals surface area contributed by atoms with Gasteiger partial charge in [-0.15, -0.1) is 13.2 Å². The highest BCUT2D eigenvalue weighted by Gasteiger charge is 2.31. The Morgan fingerprint density at radius 2 is 1.88 bits per heavy atom. The number of anilines is 3. The van der Waals surface area contributed by atoms with E-state index in [0.29, 0.717) is 11.3 Å². The summed E-state index contributed by atoms with van der Waals surface area (Å²) in [6.45, 7) is 3.88. The summed E-state index contributed by atoms with van der Waals surface area (Å²) >= 11 is 0. The average molecular weight is 445 g/mol. The van der Waals surface area contributed by atoms with Crippen LogP contribution >= 0.6 is 0 Å². The Labute approximate surface area is 181 Å². The summed E-state index contributed by atoms with van der Waals surface area (Å²) in [4.78, 5) is 8.75. The maximum Gasteiger partial charge on any atom is 0.573 e. The number of rotatable bonds is 7. The topological polar surface area (TPSA) is 82.9 Å². The van der Waals surface area contributed by atoms with Crippen molar-refractivity contribution in [1.82, 2.24) is 9.97 Å². The molecule has 166 valence electrons. The van der Waals surface area contributed by atoms with E-state index in [0.717, 1.165) is 12.5 Å². The molecule has 1 heterocycles. The molecule has 0 bridgehead atoms. The van der Waals surface area contributed by atoms with Gasteiger partial charge in [0, 0.05) is 17.7 Å². The number of nitrogens with one attached hydrogen (secondary N) is 2. The van der Waals surface area contributed by atoms with Crippen LogP contribution in [-0.4, -0.2) is 22.4 Å². The molecule has 2 aromatic carbocycles. The third-order valence-electron chi connectivity index (χ3n) is 4.47. The van der Waals surface area contributed by atoms with Crippen molar-refractivity contribution in [2.24, 2.45) is 0 Å². The number of nitriles is 1. The molecule has 32 heavy (non-hydrogen) atoms. The highest BCUT2D eigenvalue weighted by atomic mass is 19.4. The minimum atomic E-state index is -4.83. The van der Waals surface area contributed by atoms with Gasteiger partial charge in [0.1, 0.15) is 29.0 Å². The van der Waals surface area contributed by atoms with E-state index in [2.05, 4.69) is 25.3 Å². The van der Waals surface area contributed by atoms with Gasteiger partial charge in [-0.1, -0.05) is 25.1 Å². The number of alkyl halides is 3. The Bertz CT molecular complexity index is 1140. The first-order valence-electron chi connectivity index (χ1n) is 9.66. The first kappa shape index (κ1) is 22.8. The maximum atomic E-state index is 14.0. The van der Waals surface area contributed by atoms with Crippen LogP contribution in [0.5, 0.6) is 5.75 Å². The molecule has 10 heteroatoms. The number of hydrogen-bond donors (Lipinski definition) is 2. The highest BCUT2D eigenvalue weighted by molar-refractivity contribution is 5.70. The van der Waals surface area contributed by atoms with Gasteiger partial charge < -0.3 is 15.4 Å². The average Bonchev–Trinajstić information content (AvgIpc) is 2.72. The molecule has 0 spiro atoms. The fraction of sp³-hybridized carbons (Fsp3) is 0.227. The number of halogens is 4. The van der Waals surface area contributed by atoms with E-state index in [4.69, 9.17) is 0 Å². The van der Waals surface area contributed by atoms with E-state index in [-0.39, 0.29) is 29.1 Å². The van der Waals surface area contributed by atoms with Crippen molar-refractivity contribution in [2.75, 3.05) is 10.6 Å². The Kier molecular flexibility index (Phi) is 6.78. The maximum absolute atomic E-state index is 14.0. The van der Waals surface area contributed by atoms with E-state index in [1.54, 1.807) is 12.1 Å². The molecule has 2 N–H and O–H groups in total. The monoisotopic (exact) mass is 445 g/mol. The van der Waals surface area contributed by atoms with Gasteiger partial charge in [-0.2, -0.15) is 10.2 Å². The third-order valence-corrected chi connectivity index (χ3v) is 4.47. The molecule has 0 aliphatic rings. The molecule has 0 radical (unpaired) electrons. The predicted octanol–water partition coefficient (Wildman–Crippen LogP) is 6.01. The number of nitrogens with zero attached hydrogens (tertiary/aromatic N) is 3. The molecular formula is C22H19F4N5O. The van der Waals surface area contributed by atoms with E-state index < -0.39 is 17.9 Å². The number of aromatic nitrogens is 2. The number of hydrogen-bond acceptors (Lipinski definition) is 6. The zero-order valence-electron chi connectivity index (χ0n) is 17.2. The van der Waals surface area contributed by atoms with Gasteiger partial charge >= 0.3 is 6.36 Å². The fourth-order valence-corrected chi connectivity index (χ4v) is 2.78. The summed E-state index contributed by atoms with van der Waals surface area (Å²) in [5.74, 6) is -0.639. The molecule has 1 atom stereocenters. The second-order valence-electron chi connectivity index (χ2n) is 6.89. The van der Waals surface area contributed by atoms with Crippen LogP contribution in [0.25, 0.3) is 11.3 Å². The normalized spacial score (nSPS) is 12.0. The lowest BCUT2D eigenvalue weighted by Crippen LogP contribution is -2.17. The van der Waals surface area contributed by atoms with Gasteiger partial charge in [0.2, 0.25) is 5.95 Å². The zero-order valence-corrected chi connectivity index (χ0v) is 17.2. The Hall–Kier alpha value is -3.87. The van der Waals surface area contributed by atoms with Crippen LogP contribution in [0.15, 0.2) is 48.5 Å². The third kappa shape index (κ3) is 5.85. The largest absolute Gasteiger partial charge is 0.573 e. The second-order valence-corrected chi connectivity index (χ2v) is 6.89. The lowest BCUT2D eigenvalue weighted by molar-refractivity contribution is -0.274. The fourth-order valence-electron chi connectivity index (χ4n) is 2.78. The van der Waals surface area contributed by atoms with Crippen LogP contribution in [0.3, 0.4) is 0 Å². The Balaban J connectivity index is 2.04. The quantitative estimate of drug-likeness (QED) is 0.434. The van der Waals surface area contributed by atoms with Crippen molar-refractivity contribution >= 4 is 17.5 Å². The van der Waals surface area contributed by atoms with E-state index in [1.165, 1.54) is 36.4 Å². The summed E-state index contributed by atoms with van der Waals surface area (Å²) < 4.78 is 55.8. The Morgan fingerprint density at radius 3 is 2.56 bits per heavy atom. The van der Waals surface area contributed by atoms with Crippen molar-refractivity contribution in [3.05, 3.63) is 59.9 Å². The van der Waals surface area contributed by atoms with Gasteiger partial charge in [0.15, 0.2) is 0 Å². The van der Waals surface area contributed by atoms with Crippen molar-refractivity contribution in [3.63, 3.8) is 0 Å². The number of ether oxygens (including phenoxy) is 1. The molecule has 0 fully saturated rings. The molecule has 1 aromatic heterocycles. The molecule has 0 aliphatic carbocycles. The molecule has 3 aromatic rings. The van der Waals surface area contributed by atoms with Crippen LogP contribution in [0.2, 0.25) is 0 Å². The smallest absolute Gasteiger partial charge is 0.406 e. The van der Waals surface area contributed by atoms with Crippen LogP contribution in [0.1, 0.15) is 25.8 Å². The van der Waals surface area contributed by atoms with Gasteiger partial charge in [-0.05, 0) is 37.6 Å². The summed E-state index contributed by atoms with van der Waals surface area (Å²) in [6.07, 6.45) is -4.06. The summed E-state index contributed by atoms with van der Waals surface area (Å²) in [5.41, 5.74) is 0.658. The molecule has 0 amide bonds. The van der Waals surface area contributed by atoms with Crippen LogP contribution in [-0.2, 0) is 0 Å². The summed E-state index contributed by atoms with van der Waals surface area (Å²) in [5, 5.41) is 15.3. The van der Waals surface area contributed by atoms with Gasteiger partial charge in [0.25, 0.3) is 0 Å². The molecular weight excluding hydrogens is 426 g/mol. The van der Waals surface area contributed by atoms with E-state index in [1.807, 2.05) is 13.8 Å². The van der Waals surface area contributed by atoms with Crippen molar-refractivity contribution in [1.29, 1.82) is 5.26 Å². The standard InChI is InChI=1S/C22H19F4N5O/c1-3-13(2)28-21-30-19(14-6-4-7-15(10-14)32-22(24,25)26)11-20(31-21)29-18-9-5-8-17(23)16(18)12-27/h4-11,13H,3H2,1-2H3,(H2,28,29,30,31)/t13-/m0/s1.